The standard InChI is InChI=1S/C10H14Cl2N4.ClH/c11-9-7(5-14-10(12)15-9)6-16-3-1-2-8(16)4-13;/h5,8H,1-4,6,13H2;1H. The second-order valence-electron chi connectivity index (χ2n) is 3.96. The van der Waals surface area contributed by atoms with Crippen molar-refractivity contribution in [2.45, 2.75) is 25.4 Å². The van der Waals surface area contributed by atoms with Crippen LogP contribution in [0.15, 0.2) is 6.20 Å². The molecule has 1 atom stereocenters. The topological polar surface area (TPSA) is 55.0 Å². The predicted octanol–water partition coefficient (Wildman–Crippen LogP) is 2.13. The highest BCUT2D eigenvalue weighted by atomic mass is 35.5. The molecular formula is C10H15Cl3N4. The number of hydrogen-bond donors (Lipinski definition) is 1. The van der Waals surface area contributed by atoms with Crippen molar-refractivity contribution in [3.8, 4) is 0 Å². The Morgan fingerprint density at radius 1 is 1.47 bits per heavy atom. The zero-order chi connectivity index (χ0) is 11.5. The second kappa shape index (κ2) is 6.71. The van der Waals surface area contributed by atoms with Gasteiger partial charge in [-0.15, -0.1) is 12.4 Å². The van der Waals surface area contributed by atoms with Crippen molar-refractivity contribution in [1.29, 1.82) is 0 Å². The van der Waals surface area contributed by atoms with Crippen molar-refractivity contribution in [3.63, 3.8) is 0 Å². The number of nitrogens with two attached hydrogens (primary N) is 1. The normalized spacial score (nSPS) is 20.3. The maximum atomic E-state index is 6.01. The second-order valence-corrected chi connectivity index (χ2v) is 4.65. The third-order valence-corrected chi connectivity index (χ3v) is 3.44. The van der Waals surface area contributed by atoms with Gasteiger partial charge in [-0.05, 0) is 31.0 Å². The van der Waals surface area contributed by atoms with Crippen molar-refractivity contribution < 1.29 is 0 Å². The molecule has 1 fully saturated rings. The van der Waals surface area contributed by atoms with Crippen molar-refractivity contribution >= 4 is 35.6 Å². The Bertz CT molecular complexity index is 375. The molecule has 0 bridgehead atoms. The first-order valence-corrected chi connectivity index (χ1v) is 6.07. The first-order valence-electron chi connectivity index (χ1n) is 5.31. The van der Waals surface area contributed by atoms with Gasteiger partial charge in [-0.2, -0.15) is 0 Å². The van der Waals surface area contributed by atoms with Gasteiger partial charge in [-0.1, -0.05) is 11.6 Å². The van der Waals surface area contributed by atoms with Crippen molar-refractivity contribution in [3.05, 3.63) is 22.2 Å². The molecule has 4 nitrogen and oxygen atoms in total. The van der Waals surface area contributed by atoms with Crippen LogP contribution in [0.3, 0.4) is 0 Å². The highest BCUT2D eigenvalue weighted by Crippen LogP contribution is 2.22. The Morgan fingerprint density at radius 3 is 2.88 bits per heavy atom. The Balaban J connectivity index is 0.00000144. The minimum atomic E-state index is 0. The maximum Gasteiger partial charge on any atom is 0.223 e. The molecule has 1 aromatic rings. The maximum absolute atomic E-state index is 6.01. The van der Waals surface area contributed by atoms with Gasteiger partial charge in [0.1, 0.15) is 5.15 Å². The highest BCUT2D eigenvalue weighted by Gasteiger charge is 2.23. The van der Waals surface area contributed by atoms with E-state index in [4.69, 9.17) is 28.9 Å². The van der Waals surface area contributed by atoms with E-state index in [0.29, 0.717) is 17.7 Å². The van der Waals surface area contributed by atoms with Crippen molar-refractivity contribution in [1.82, 2.24) is 14.9 Å². The average molecular weight is 298 g/mol. The van der Waals surface area contributed by atoms with E-state index in [1.54, 1.807) is 6.20 Å². The van der Waals surface area contributed by atoms with Crippen LogP contribution >= 0.6 is 35.6 Å². The summed E-state index contributed by atoms with van der Waals surface area (Å²) in [5.41, 5.74) is 6.62. The predicted molar refractivity (Wildman–Crippen MR) is 71.8 cm³/mol. The van der Waals surface area contributed by atoms with Crippen LogP contribution in [0.1, 0.15) is 18.4 Å². The summed E-state index contributed by atoms with van der Waals surface area (Å²) >= 11 is 11.7. The van der Waals surface area contributed by atoms with E-state index in [1.807, 2.05) is 0 Å². The Kier molecular flexibility index (Phi) is 5.89. The molecule has 1 aliphatic rings. The lowest BCUT2D eigenvalue weighted by Crippen LogP contribution is -2.35. The van der Waals surface area contributed by atoms with Crippen LogP contribution in [0.2, 0.25) is 10.4 Å². The van der Waals surface area contributed by atoms with Crippen LogP contribution in [0, 0.1) is 0 Å². The van der Waals surface area contributed by atoms with E-state index in [-0.39, 0.29) is 17.7 Å². The lowest BCUT2D eigenvalue weighted by atomic mass is 10.2. The van der Waals surface area contributed by atoms with E-state index in [2.05, 4.69) is 14.9 Å². The SMILES string of the molecule is Cl.NCC1CCCN1Cc1cnc(Cl)nc1Cl. The van der Waals surface area contributed by atoms with E-state index in [1.165, 1.54) is 6.42 Å². The molecule has 0 spiro atoms. The summed E-state index contributed by atoms with van der Waals surface area (Å²) in [5.74, 6) is 0. The molecule has 17 heavy (non-hydrogen) atoms. The van der Waals surface area contributed by atoms with Gasteiger partial charge in [0, 0.05) is 30.9 Å². The van der Waals surface area contributed by atoms with Gasteiger partial charge >= 0.3 is 0 Å². The largest absolute Gasteiger partial charge is 0.329 e. The van der Waals surface area contributed by atoms with Crippen LogP contribution in [0.5, 0.6) is 0 Å². The summed E-state index contributed by atoms with van der Waals surface area (Å²) in [4.78, 5) is 10.2. The van der Waals surface area contributed by atoms with Crippen LogP contribution < -0.4 is 5.73 Å². The molecule has 1 aliphatic heterocycles. The Labute approximate surface area is 117 Å². The number of halogens is 3. The van der Waals surface area contributed by atoms with Gasteiger partial charge in [0.15, 0.2) is 0 Å². The van der Waals surface area contributed by atoms with Gasteiger partial charge in [0.2, 0.25) is 5.28 Å². The lowest BCUT2D eigenvalue weighted by molar-refractivity contribution is 0.250. The van der Waals surface area contributed by atoms with Crippen LogP contribution in [0.4, 0.5) is 0 Å². The summed E-state index contributed by atoms with van der Waals surface area (Å²) in [6.07, 6.45) is 4.03. The summed E-state index contributed by atoms with van der Waals surface area (Å²) < 4.78 is 0. The van der Waals surface area contributed by atoms with Gasteiger partial charge < -0.3 is 5.73 Å². The number of aromatic nitrogens is 2. The van der Waals surface area contributed by atoms with E-state index >= 15 is 0 Å². The molecular weight excluding hydrogens is 282 g/mol. The fraction of sp³-hybridized carbons (Fsp3) is 0.600. The molecule has 2 N–H and O–H groups in total. The Hall–Kier alpha value is -0.130. The van der Waals surface area contributed by atoms with Crippen LogP contribution in [-0.4, -0.2) is 34.0 Å². The van der Waals surface area contributed by atoms with Crippen LogP contribution in [0.25, 0.3) is 0 Å². The molecule has 1 aromatic heterocycles. The highest BCUT2D eigenvalue weighted by molar-refractivity contribution is 6.32. The van der Waals surface area contributed by atoms with E-state index in [0.717, 1.165) is 25.1 Å². The fourth-order valence-electron chi connectivity index (χ4n) is 2.06. The molecule has 0 saturated carbocycles. The smallest absolute Gasteiger partial charge is 0.223 e. The van der Waals surface area contributed by atoms with Gasteiger partial charge in [-0.25, -0.2) is 9.97 Å². The zero-order valence-electron chi connectivity index (χ0n) is 9.27. The number of hydrogen-bond acceptors (Lipinski definition) is 4. The third kappa shape index (κ3) is 3.66. The molecule has 0 radical (unpaired) electrons. The minimum absolute atomic E-state index is 0. The number of rotatable bonds is 3. The summed E-state index contributed by atoms with van der Waals surface area (Å²) in [5, 5.41) is 0.619. The van der Waals surface area contributed by atoms with Gasteiger partial charge in [-0.3, -0.25) is 4.90 Å². The third-order valence-electron chi connectivity index (χ3n) is 2.93. The monoisotopic (exact) mass is 296 g/mol. The first kappa shape index (κ1) is 14.9. The summed E-state index contributed by atoms with van der Waals surface area (Å²) in [7, 11) is 0. The molecule has 0 aromatic carbocycles. The molecule has 2 rings (SSSR count). The number of nitrogens with zero attached hydrogens (tertiary/aromatic N) is 3. The van der Waals surface area contributed by atoms with E-state index in [9.17, 15) is 0 Å². The minimum Gasteiger partial charge on any atom is -0.329 e. The van der Waals surface area contributed by atoms with E-state index < -0.39 is 0 Å². The quantitative estimate of drug-likeness (QED) is 0.686. The lowest BCUT2D eigenvalue weighted by Gasteiger charge is -2.23. The Morgan fingerprint density at radius 2 is 2.24 bits per heavy atom. The zero-order valence-corrected chi connectivity index (χ0v) is 11.6. The first-order chi connectivity index (χ1) is 7.70. The molecule has 1 saturated heterocycles. The van der Waals surface area contributed by atoms with Crippen molar-refractivity contribution in [2.75, 3.05) is 13.1 Å². The summed E-state index contributed by atoms with van der Waals surface area (Å²) in [6, 6.07) is 0.451. The molecule has 0 aliphatic carbocycles. The van der Waals surface area contributed by atoms with Gasteiger partial charge in [0.05, 0.1) is 0 Å². The summed E-state index contributed by atoms with van der Waals surface area (Å²) in [6.45, 7) is 2.49. The number of likely N-dealkylation sites (tertiary alicyclic amines) is 1. The molecule has 0 amide bonds. The molecule has 2 heterocycles. The molecule has 1 unspecified atom stereocenters. The molecule has 96 valence electrons. The van der Waals surface area contributed by atoms with Crippen LogP contribution in [-0.2, 0) is 6.54 Å². The van der Waals surface area contributed by atoms with Crippen molar-refractivity contribution in [2.24, 2.45) is 5.73 Å². The fourth-order valence-corrected chi connectivity index (χ4v) is 2.43. The van der Waals surface area contributed by atoms with Gasteiger partial charge in [0.25, 0.3) is 0 Å². The average Bonchev–Trinajstić information content (AvgIpc) is 2.69. The molecule has 7 heteroatoms.